The van der Waals surface area contributed by atoms with Crippen LogP contribution in [0.25, 0.3) is 0 Å². The molecule has 1 aromatic heterocycles. The number of nitrogens with one attached hydrogen (secondary N) is 1. The molecular weight excluding hydrogens is 194 g/mol. The van der Waals surface area contributed by atoms with Gasteiger partial charge in [-0.2, -0.15) is 0 Å². The number of aliphatic hydroxyl groups is 1. The van der Waals surface area contributed by atoms with Crippen molar-refractivity contribution in [2.24, 2.45) is 5.84 Å². The third-order valence-electron chi connectivity index (χ3n) is 2.42. The van der Waals surface area contributed by atoms with Gasteiger partial charge in [0.05, 0.1) is 6.61 Å². The molecule has 0 aliphatic heterocycles. The van der Waals surface area contributed by atoms with E-state index in [9.17, 15) is 0 Å². The number of aromatic nitrogens is 2. The van der Waals surface area contributed by atoms with Gasteiger partial charge in [-0.25, -0.2) is 15.8 Å². The lowest BCUT2D eigenvalue weighted by molar-refractivity contribution is 0.301. The van der Waals surface area contributed by atoms with Crippen molar-refractivity contribution >= 4 is 11.6 Å². The van der Waals surface area contributed by atoms with Gasteiger partial charge in [-0.1, -0.05) is 0 Å². The van der Waals surface area contributed by atoms with Gasteiger partial charge < -0.3 is 15.4 Å². The Morgan fingerprint density at radius 3 is 2.93 bits per heavy atom. The van der Waals surface area contributed by atoms with Crippen LogP contribution in [0.3, 0.4) is 0 Å². The first kappa shape index (κ1) is 10.1. The lowest BCUT2D eigenvalue weighted by Gasteiger charge is -2.22. The van der Waals surface area contributed by atoms with Crippen LogP contribution in [0.5, 0.6) is 0 Å². The average Bonchev–Trinajstić information content (AvgIpc) is 3.10. The summed E-state index contributed by atoms with van der Waals surface area (Å²) in [5.74, 6) is 6.68. The summed E-state index contributed by atoms with van der Waals surface area (Å²) in [6.07, 6.45) is 3.79. The SMILES string of the molecule is NNc1cc(N(CCO)C2CC2)ncn1. The van der Waals surface area contributed by atoms with Crippen LogP contribution in [0.4, 0.5) is 11.6 Å². The van der Waals surface area contributed by atoms with E-state index in [1.165, 1.54) is 6.33 Å². The first-order chi connectivity index (χ1) is 7.35. The highest BCUT2D eigenvalue weighted by molar-refractivity contribution is 5.49. The number of anilines is 2. The molecule has 4 N–H and O–H groups in total. The quantitative estimate of drug-likeness (QED) is 0.457. The van der Waals surface area contributed by atoms with E-state index in [1.807, 2.05) is 0 Å². The molecule has 0 saturated heterocycles. The fourth-order valence-electron chi connectivity index (χ4n) is 1.56. The van der Waals surface area contributed by atoms with E-state index < -0.39 is 0 Å². The number of nitrogens with two attached hydrogens (primary N) is 1. The first-order valence-electron chi connectivity index (χ1n) is 5.01. The number of hydrogen-bond acceptors (Lipinski definition) is 6. The van der Waals surface area contributed by atoms with E-state index >= 15 is 0 Å². The highest BCUT2D eigenvalue weighted by Crippen LogP contribution is 2.30. The smallest absolute Gasteiger partial charge is 0.145 e. The maximum Gasteiger partial charge on any atom is 0.145 e. The van der Waals surface area contributed by atoms with Gasteiger partial charge in [0, 0.05) is 18.7 Å². The van der Waals surface area contributed by atoms with Crippen LogP contribution in [0.1, 0.15) is 12.8 Å². The molecule has 6 heteroatoms. The molecule has 0 bridgehead atoms. The van der Waals surface area contributed by atoms with Crippen molar-refractivity contribution in [1.29, 1.82) is 0 Å². The van der Waals surface area contributed by atoms with Crippen molar-refractivity contribution in [2.45, 2.75) is 18.9 Å². The fourth-order valence-corrected chi connectivity index (χ4v) is 1.56. The molecule has 0 unspecified atom stereocenters. The summed E-state index contributed by atoms with van der Waals surface area (Å²) in [5, 5.41) is 8.98. The molecule has 6 nitrogen and oxygen atoms in total. The Bertz CT molecular complexity index is 328. The number of nitrogen functional groups attached to an aromatic ring is 1. The van der Waals surface area contributed by atoms with Crippen LogP contribution >= 0.6 is 0 Å². The van der Waals surface area contributed by atoms with Crippen molar-refractivity contribution in [3.63, 3.8) is 0 Å². The van der Waals surface area contributed by atoms with Crippen molar-refractivity contribution in [2.75, 3.05) is 23.5 Å². The molecular formula is C9H15N5O. The minimum Gasteiger partial charge on any atom is -0.395 e. The van der Waals surface area contributed by atoms with E-state index in [1.54, 1.807) is 6.07 Å². The van der Waals surface area contributed by atoms with Crippen molar-refractivity contribution in [3.05, 3.63) is 12.4 Å². The van der Waals surface area contributed by atoms with Gasteiger partial charge in [0.2, 0.25) is 0 Å². The minimum atomic E-state index is 0.131. The monoisotopic (exact) mass is 209 g/mol. The van der Waals surface area contributed by atoms with Gasteiger partial charge in [-0.15, -0.1) is 0 Å². The van der Waals surface area contributed by atoms with Gasteiger partial charge >= 0.3 is 0 Å². The number of hydrogen-bond donors (Lipinski definition) is 3. The van der Waals surface area contributed by atoms with Gasteiger partial charge in [0.1, 0.15) is 18.0 Å². The third kappa shape index (κ3) is 2.34. The molecule has 0 atom stereocenters. The Labute approximate surface area is 88.1 Å². The molecule has 1 aliphatic rings. The molecule has 1 heterocycles. The highest BCUT2D eigenvalue weighted by Gasteiger charge is 2.29. The summed E-state index contributed by atoms with van der Waals surface area (Å²) in [7, 11) is 0. The topological polar surface area (TPSA) is 87.3 Å². The summed E-state index contributed by atoms with van der Waals surface area (Å²) in [6, 6.07) is 2.30. The van der Waals surface area contributed by atoms with Crippen molar-refractivity contribution in [3.8, 4) is 0 Å². The second-order valence-corrected chi connectivity index (χ2v) is 3.55. The Morgan fingerprint density at radius 1 is 1.53 bits per heavy atom. The summed E-state index contributed by atoms with van der Waals surface area (Å²) in [4.78, 5) is 10.2. The van der Waals surface area contributed by atoms with Crippen LogP contribution in [-0.4, -0.2) is 34.3 Å². The summed E-state index contributed by atoms with van der Waals surface area (Å²) in [6.45, 7) is 0.734. The van der Waals surface area contributed by atoms with Crippen LogP contribution in [0, 0.1) is 0 Å². The molecule has 2 rings (SSSR count). The first-order valence-corrected chi connectivity index (χ1v) is 5.01. The Morgan fingerprint density at radius 2 is 2.33 bits per heavy atom. The van der Waals surface area contributed by atoms with Gasteiger partial charge in [-0.3, -0.25) is 0 Å². The zero-order valence-electron chi connectivity index (χ0n) is 8.43. The van der Waals surface area contributed by atoms with E-state index in [0.717, 1.165) is 18.7 Å². The predicted molar refractivity (Wildman–Crippen MR) is 57.3 cm³/mol. The maximum absolute atomic E-state index is 8.98. The molecule has 1 aliphatic carbocycles. The predicted octanol–water partition coefficient (Wildman–Crippen LogP) is -0.277. The molecule has 1 fully saturated rings. The van der Waals surface area contributed by atoms with Gasteiger partial charge in [0.15, 0.2) is 0 Å². The lowest BCUT2D eigenvalue weighted by Crippen LogP contribution is -2.29. The number of rotatable bonds is 5. The molecule has 0 radical (unpaired) electrons. The van der Waals surface area contributed by atoms with Crippen LogP contribution in [0.2, 0.25) is 0 Å². The number of aliphatic hydroxyl groups excluding tert-OH is 1. The standard InChI is InChI=1S/C9H15N5O/c10-13-8-5-9(12-6-11-8)14(3-4-15)7-1-2-7/h5-7,15H,1-4,10H2,(H,11,12,13). The zero-order valence-corrected chi connectivity index (χ0v) is 8.43. The summed E-state index contributed by atoms with van der Waals surface area (Å²) >= 11 is 0. The molecule has 0 spiro atoms. The van der Waals surface area contributed by atoms with E-state index in [4.69, 9.17) is 10.9 Å². The number of hydrazine groups is 1. The Hall–Kier alpha value is -1.40. The van der Waals surface area contributed by atoms with E-state index in [-0.39, 0.29) is 6.61 Å². The number of nitrogens with zero attached hydrogens (tertiary/aromatic N) is 3. The van der Waals surface area contributed by atoms with Crippen LogP contribution in [0.15, 0.2) is 12.4 Å². The fraction of sp³-hybridized carbons (Fsp3) is 0.556. The van der Waals surface area contributed by atoms with Crippen molar-refractivity contribution in [1.82, 2.24) is 9.97 Å². The van der Waals surface area contributed by atoms with Crippen molar-refractivity contribution < 1.29 is 5.11 Å². The third-order valence-corrected chi connectivity index (χ3v) is 2.42. The second kappa shape index (κ2) is 4.41. The Balaban J connectivity index is 2.16. The second-order valence-electron chi connectivity index (χ2n) is 3.55. The minimum absolute atomic E-state index is 0.131. The van der Waals surface area contributed by atoms with E-state index in [2.05, 4.69) is 20.3 Å². The Kier molecular flexibility index (Phi) is 2.98. The van der Waals surface area contributed by atoms with Gasteiger partial charge in [0.25, 0.3) is 0 Å². The molecule has 82 valence electrons. The van der Waals surface area contributed by atoms with Crippen LogP contribution in [-0.2, 0) is 0 Å². The average molecular weight is 209 g/mol. The zero-order chi connectivity index (χ0) is 10.7. The lowest BCUT2D eigenvalue weighted by atomic mass is 10.4. The highest BCUT2D eigenvalue weighted by atomic mass is 16.3. The van der Waals surface area contributed by atoms with Gasteiger partial charge in [-0.05, 0) is 12.8 Å². The normalized spacial score (nSPS) is 15.1. The largest absolute Gasteiger partial charge is 0.395 e. The molecule has 1 aromatic rings. The molecule has 15 heavy (non-hydrogen) atoms. The summed E-state index contributed by atoms with van der Waals surface area (Å²) in [5.41, 5.74) is 2.48. The van der Waals surface area contributed by atoms with E-state index in [0.29, 0.717) is 18.4 Å². The van der Waals surface area contributed by atoms with Crippen LogP contribution < -0.4 is 16.2 Å². The summed E-state index contributed by atoms with van der Waals surface area (Å²) < 4.78 is 0. The molecule has 1 saturated carbocycles. The maximum atomic E-state index is 8.98. The molecule has 0 aromatic carbocycles. The molecule has 0 amide bonds.